The zero-order valence-electron chi connectivity index (χ0n) is 24.5. The summed E-state index contributed by atoms with van der Waals surface area (Å²) in [6.07, 6.45) is 0.855. The molecule has 0 bridgehead atoms. The Hall–Kier alpha value is -4.94. The molecular weight excluding hydrogens is 594 g/mol. The van der Waals surface area contributed by atoms with E-state index in [0.29, 0.717) is 16.7 Å². The number of carbonyl (C=O) groups excluding carboxylic acids is 3. The molecule has 0 saturated carbocycles. The molecule has 0 aliphatic carbocycles. The molecule has 0 spiro atoms. The van der Waals surface area contributed by atoms with Gasteiger partial charge in [-0.1, -0.05) is 66.7 Å². The fourth-order valence-corrected chi connectivity index (χ4v) is 7.65. The standard InChI is InChI=1S/C33H33N5O6S/c1-2-16-36-21-31(40)37-28(17-23-12-14-26(39)15-13-23)32(41)35(19-25-22-45(43,44)29-11-7-6-10-27(25)29)20-30(37)38(36)33(42)34-18-24-8-4-3-5-9-24/h2-15,22,28,30,39H,1,16-21H2,(H,34,42). The second kappa shape index (κ2) is 12.2. The predicted molar refractivity (Wildman–Crippen MR) is 167 cm³/mol. The number of sulfone groups is 1. The normalized spacial score (nSPS) is 20.8. The zero-order valence-corrected chi connectivity index (χ0v) is 25.3. The number of phenols is 1. The van der Waals surface area contributed by atoms with Gasteiger partial charge in [0.25, 0.3) is 0 Å². The van der Waals surface area contributed by atoms with Crippen LogP contribution in [0.4, 0.5) is 4.79 Å². The summed E-state index contributed by atoms with van der Waals surface area (Å²) in [5, 5.41) is 17.0. The Bertz CT molecular complexity index is 1780. The van der Waals surface area contributed by atoms with Crippen molar-refractivity contribution in [3.8, 4) is 5.75 Å². The maximum Gasteiger partial charge on any atom is 0.334 e. The number of rotatable bonds is 8. The summed E-state index contributed by atoms with van der Waals surface area (Å²) in [7, 11) is -3.68. The molecule has 3 heterocycles. The highest BCUT2D eigenvalue weighted by Crippen LogP contribution is 2.35. The van der Waals surface area contributed by atoms with E-state index in [4.69, 9.17) is 0 Å². The van der Waals surface area contributed by atoms with Crippen molar-refractivity contribution in [3.05, 3.63) is 114 Å². The minimum atomic E-state index is -3.68. The number of hydrogen-bond acceptors (Lipinski definition) is 7. The van der Waals surface area contributed by atoms with Gasteiger partial charge in [0.1, 0.15) is 18.0 Å². The first-order chi connectivity index (χ1) is 21.7. The van der Waals surface area contributed by atoms with Crippen LogP contribution in [0.15, 0.2) is 102 Å². The van der Waals surface area contributed by atoms with Crippen LogP contribution in [-0.2, 0) is 32.4 Å². The Morgan fingerprint density at radius 3 is 2.42 bits per heavy atom. The average Bonchev–Trinajstić information content (AvgIpc) is 3.29. The highest BCUT2D eigenvalue weighted by Gasteiger charge is 2.51. The van der Waals surface area contributed by atoms with E-state index in [1.807, 2.05) is 30.3 Å². The van der Waals surface area contributed by atoms with Gasteiger partial charge in [-0.05, 0) is 40.5 Å². The zero-order chi connectivity index (χ0) is 31.7. The lowest BCUT2D eigenvalue weighted by atomic mass is 9.97. The van der Waals surface area contributed by atoms with Crippen molar-refractivity contribution in [2.75, 3.05) is 26.2 Å². The molecule has 3 aliphatic heterocycles. The third kappa shape index (κ3) is 5.94. The average molecular weight is 628 g/mol. The van der Waals surface area contributed by atoms with Gasteiger partial charge in [0.15, 0.2) is 0 Å². The van der Waals surface area contributed by atoms with Crippen LogP contribution >= 0.6 is 0 Å². The van der Waals surface area contributed by atoms with Crippen molar-refractivity contribution >= 4 is 33.3 Å². The first kappa shape index (κ1) is 30.1. The van der Waals surface area contributed by atoms with E-state index in [-0.39, 0.29) is 61.6 Å². The van der Waals surface area contributed by atoms with Crippen molar-refractivity contribution in [2.45, 2.75) is 30.1 Å². The molecule has 232 valence electrons. The van der Waals surface area contributed by atoms with E-state index < -0.39 is 28.1 Å². The van der Waals surface area contributed by atoms with Crippen LogP contribution in [0.25, 0.3) is 5.57 Å². The monoisotopic (exact) mass is 627 g/mol. The predicted octanol–water partition coefficient (Wildman–Crippen LogP) is 2.76. The smallest absolute Gasteiger partial charge is 0.334 e. The number of urea groups is 1. The molecule has 45 heavy (non-hydrogen) atoms. The van der Waals surface area contributed by atoms with E-state index >= 15 is 0 Å². The van der Waals surface area contributed by atoms with Gasteiger partial charge < -0.3 is 20.2 Å². The molecular formula is C33H33N5O6S. The maximum atomic E-state index is 14.2. The van der Waals surface area contributed by atoms with E-state index in [1.165, 1.54) is 38.4 Å². The topological polar surface area (TPSA) is 131 Å². The molecule has 6 rings (SSSR count). The molecule has 11 nitrogen and oxygen atoms in total. The molecule has 2 unspecified atom stereocenters. The number of hydrazine groups is 1. The second-order valence-corrected chi connectivity index (χ2v) is 13.0. The van der Waals surface area contributed by atoms with Crippen LogP contribution in [0.2, 0.25) is 0 Å². The summed E-state index contributed by atoms with van der Waals surface area (Å²) in [4.78, 5) is 45.0. The molecule has 0 radical (unpaired) electrons. The van der Waals surface area contributed by atoms with E-state index in [0.717, 1.165) is 5.56 Å². The summed E-state index contributed by atoms with van der Waals surface area (Å²) in [5.74, 6) is -0.618. The van der Waals surface area contributed by atoms with Gasteiger partial charge in [-0.25, -0.2) is 23.2 Å². The minimum Gasteiger partial charge on any atom is -0.508 e. The Labute approximate surface area is 261 Å². The molecule has 12 heteroatoms. The molecule has 2 fully saturated rings. The van der Waals surface area contributed by atoms with Crippen molar-refractivity contribution in [2.24, 2.45) is 0 Å². The quantitative estimate of drug-likeness (QED) is 0.368. The van der Waals surface area contributed by atoms with Gasteiger partial charge in [-0.3, -0.25) is 9.59 Å². The number of amides is 4. The van der Waals surface area contributed by atoms with Crippen LogP contribution in [0.3, 0.4) is 0 Å². The first-order valence-corrected chi connectivity index (χ1v) is 16.1. The van der Waals surface area contributed by atoms with Gasteiger partial charge in [-0.2, -0.15) is 0 Å². The van der Waals surface area contributed by atoms with Crippen LogP contribution in [0, 0.1) is 0 Å². The summed E-state index contributed by atoms with van der Waals surface area (Å²) < 4.78 is 25.8. The number of nitrogens with zero attached hydrogens (tertiary/aromatic N) is 4. The number of hydrogen-bond donors (Lipinski definition) is 2. The molecule has 3 aromatic carbocycles. The summed E-state index contributed by atoms with van der Waals surface area (Å²) in [5.41, 5.74) is 2.58. The van der Waals surface area contributed by atoms with Crippen LogP contribution in [-0.4, -0.2) is 89.6 Å². The molecule has 2 atom stereocenters. The Balaban J connectivity index is 1.37. The number of nitrogens with one attached hydrogen (secondary N) is 1. The summed E-state index contributed by atoms with van der Waals surface area (Å²) in [6.45, 7) is 4.06. The minimum absolute atomic E-state index is 0.0272. The fraction of sp³-hybridized carbons (Fsp3) is 0.242. The lowest BCUT2D eigenvalue weighted by molar-refractivity contribution is -0.188. The van der Waals surface area contributed by atoms with Crippen LogP contribution in [0.5, 0.6) is 5.75 Å². The van der Waals surface area contributed by atoms with Crippen molar-refractivity contribution in [3.63, 3.8) is 0 Å². The van der Waals surface area contributed by atoms with Gasteiger partial charge in [-0.15, -0.1) is 6.58 Å². The maximum absolute atomic E-state index is 14.2. The number of aromatic hydroxyl groups is 1. The number of benzene rings is 3. The Morgan fingerprint density at radius 1 is 0.978 bits per heavy atom. The molecule has 3 aromatic rings. The van der Waals surface area contributed by atoms with Crippen molar-refractivity contribution in [1.82, 2.24) is 25.1 Å². The second-order valence-electron chi connectivity index (χ2n) is 11.2. The summed E-state index contributed by atoms with van der Waals surface area (Å²) in [6, 6.07) is 21.0. The Kier molecular flexibility index (Phi) is 8.17. The molecule has 2 saturated heterocycles. The Morgan fingerprint density at radius 2 is 1.69 bits per heavy atom. The third-order valence-corrected chi connectivity index (χ3v) is 9.79. The SMILES string of the molecule is C=CCN1CC(=O)N2C(Cc3ccc(O)cc3)C(=O)N(CC3=CS(=O)(=O)c4ccccc43)CC2N1C(=O)NCc1ccccc1. The lowest BCUT2D eigenvalue weighted by Gasteiger charge is -2.55. The molecule has 4 amide bonds. The molecule has 0 aromatic heterocycles. The van der Waals surface area contributed by atoms with E-state index in [2.05, 4.69) is 11.9 Å². The van der Waals surface area contributed by atoms with Crippen LogP contribution in [0.1, 0.15) is 16.7 Å². The molecule has 2 N–H and O–H groups in total. The number of carbonyl (C=O) groups is 3. The highest BCUT2D eigenvalue weighted by molar-refractivity contribution is 7.95. The van der Waals surface area contributed by atoms with Crippen molar-refractivity contribution < 1.29 is 27.9 Å². The number of fused-ring (bicyclic) bond motifs is 2. The van der Waals surface area contributed by atoms with Gasteiger partial charge in [0.05, 0.1) is 18.0 Å². The van der Waals surface area contributed by atoms with Crippen molar-refractivity contribution in [1.29, 1.82) is 0 Å². The lowest BCUT2D eigenvalue weighted by Crippen LogP contribution is -2.76. The van der Waals surface area contributed by atoms with E-state index in [1.54, 1.807) is 41.4 Å². The van der Waals surface area contributed by atoms with Gasteiger partial charge in [0, 0.05) is 31.5 Å². The highest BCUT2D eigenvalue weighted by atomic mass is 32.2. The molecule has 3 aliphatic rings. The van der Waals surface area contributed by atoms with E-state index in [9.17, 15) is 27.9 Å². The van der Waals surface area contributed by atoms with Gasteiger partial charge in [0.2, 0.25) is 21.7 Å². The third-order valence-electron chi connectivity index (χ3n) is 8.23. The van der Waals surface area contributed by atoms with Crippen LogP contribution < -0.4 is 5.32 Å². The van der Waals surface area contributed by atoms with Gasteiger partial charge >= 0.3 is 6.03 Å². The number of phenolic OH excluding ortho intramolecular Hbond substituents is 1. The number of piperazine rings is 1. The first-order valence-electron chi connectivity index (χ1n) is 14.6. The largest absolute Gasteiger partial charge is 0.508 e. The fourth-order valence-electron chi connectivity index (χ4n) is 6.18. The summed E-state index contributed by atoms with van der Waals surface area (Å²) >= 11 is 0.